The van der Waals surface area contributed by atoms with Gasteiger partial charge in [0.05, 0.1) is 5.57 Å². The molecule has 1 N–H and O–H groups in total. The Morgan fingerprint density at radius 1 is 1.50 bits per heavy atom. The standard InChI is InChI=1S/C11H8BrFO3.C2H6/c12-7-1-2-9-6(3-7)4-8(11(14)15)10(5-13)16-9;1-2/h1-4,10H,5H2,(H,14,15);1-2H3. The highest BCUT2D eigenvalue weighted by molar-refractivity contribution is 9.10. The van der Waals surface area contributed by atoms with Gasteiger partial charge in [-0.3, -0.25) is 0 Å². The molecule has 1 aliphatic rings. The van der Waals surface area contributed by atoms with E-state index in [1.165, 1.54) is 6.08 Å². The Morgan fingerprint density at radius 3 is 2.72 bits per heavy atom. The number of aliphatic carboxylic acids is 1. The number of carboxylic acids is 1. The lowest BCUT2D eigenvalue weighted by molar-refractivity contribution is -0.133. The molecule has 0 spiro atoms. The first-order valence-electron chi connectivity index (χ1n) is 5.59. The lowest BCUT2D eigenvalue weighted by Crippen LogP contribution is -2.29. The van der Waals surface area contributed by atoms with Gasteiger partial charge in [-0.2, -0.15) is 0 Å². The molecule has 0 amide bonds. The predicted octanol–water partition coefficient (Wildman–Crippen LogP) is 3.67. The average molecular weight is 317 g/mol. The minimum atomic E-state index is -1.16. The number of hydrogen-bond donors (Lipinski definition) is 1. The van der Waals surface area contributed by atoms with Crippen LogP contribution in [0.5, 0.6) is 5.75 Å². The molecule has 1 aromatic rings. The second kappa shape index (κ2) is 6.54. The van der Waals surface area contributed by atoms with E-state index in [9.17, 15) is 9.18 Å². The number of fused-ring (bicyclic) bond motifs is 1. The quantitative estimate of drug-likeness (QED) is 0.905. The van der Waals surface area contributed by atoms with Crippen molar-refractivity contribution in [2.24, 2.45) is 0 Å². The van der Waals surface area contributed by atoms with Crippen molar-refractivity contribution >= 4 is 28.0 Å². The molecule has 5 heteroatoms. The first kappa shape index (κ1) is 14.7. The zero-order valence-corrected chi connectivity index (χ0v) is 11.7. The van der Waals surface area contributed by atoms with Crippen molar-refractivity contribution in [2.45, 2.75) is 20.0 Å². The Labute approximate surface area is 113 Å². The number of hydrogen-bond acceptors (Lipinski definition) is 2. The highest BCUT2D eigenvalue weighted by atomic mass is 79.9. The minimum absolute atomic E-state index is 0.0619. The third-order valence-corrected chi connectivity index (χ3v) is 2.78. The predicted molar refractivity (Wildman–Crippen MR) is 71.5 cm³/mol. The maximum absolute atomic E-state index is 12.6. The van der Waals surface area contributed by atoms with Crippen molar-refractivity contribution in [3.05, 3.63) is 33.8 Å². The normalized spacial score (nSPS) is 16.7. The molecule has 0 radical (unpaired) electrons. The van der Waals surface area contributed by atoms with Crippen LogP contribution in [0.15, 0.2) is 28.2 Å². The lowest BCUT2D eigenvalue weighted by Gasteiger charge is -2.23. The largest absolute Gasteiger partial charge is 0.482 e. The van der Waals surface area contributed by atoms with Gasteiger partial charge >= 0.3 is 5.97 Å². The van der Waals surface area contributed by atoms with Gasteiger partial charge in [0.15, 0.2) is 6.10 Å². The van der Waals surface area contributed by atoms with Crippen LogP contribution >= 0.6 is 15.9 Å². The van der Waals surface area contributed by atoms with E-state index in [1.54, 1.807) is 18.2 Å². The molecule has 2 rings (SSSR count). The van der Waals surface area contributed by atoms with Crippen LogP contribution in [0.1, 0.15) is 19.4 Å². The molecule has 0 bridgehead atoms. The summed E-state index contributed by atoms with van der Waals surface area (Å²) in [5.41, 5.74) is 0.574. The fourth-order valence-electron chi connectivity index (χ4n) is 1.53. The number of rotatable bonds is 2. The molecule has 1 aliphatic heterocycles. The van der Waals surface area contributed by atoms with E-state index in [0.717, 1.165) is 4.47 Å². The smallest absolute Gasteiger partial charge is 0.335 e. The third kappa shape index (κ3) is 3.10. The Hall–Kier alpha value is -1.36. The zero-order chi connectivity index (χ0) is 13.7. The van der Waals surface area contributed by atoms with Crippen LogP contribution in [-0.2, 0) is 4.79 Å². The van der Waals surface area contributed by atoms with Crippen molar-refractivity contribution in [3.8, 4) is 5.75 Å². The van der Waals surface area contributed by atoms with Crippen LogP contribution in [0.3, 0.4) is 0 Å². The molecule has 1 heterocycles. The van der Waals surface area contributed by atoms with Crippen molar-refractivity contribution in [2.75, 3.05) is 6.67 Å². The van der Waals surface area contributed by atoms with Gasteiger partial charge in [0.25, 0.3) is 0 Å². The summed E-state index contributed by atoms with van der Waals surface area (Å²) in [6.07, 6.45) is 0.419. The van der Waals surface area contributed by atoms with Gasteiger partial charge < -0.3 is 9.84 Å². The topological polar surface area (TPSA) is 46.5 Å². The number of ether oxygens (including phenoxy) is 1. The Balaban J connectivity index is 0.000000771. The van der Waals surface area contributed by atoms with E-state index in [4.69, 9.17) is 9.84 Å². The number of alkyl halides is 1. The van der Waals surface area contributed by atoms with Crippen molar-refractivity contribution < 1.29 is 19.0 Å². The third-order valence-electron chi connectivity index (χ3n) is 2.29. The Kier molecular flexibility index (Phi) is 5.34. The molecule has 98 valence electrons. The van der Waals surface area contributed by atoms with Gasteiger partial charge in [-0.1, -0.05) is 29.8 Å². The van der Waals surface area contributed by atoms with Crippen LogP contribution in [-0.4, -0.2) is 23.9 Å². The first-order chi connectivity index (χ1) is 8.61. The molecule has 1 unspecified atom stereocenters. The molecule has 0 aliphatic carbocycles. The molecule has 0 aromatic heterocycles. The van der Waals surface area contributed by atoms with E-state index in [1.807, 2.05) is 13.8 Å². The summed E-state index contributed by atoms with van der Waals surface area (Å²) >= 11 is 3.27. The first-order valence-corrected chi connectivity index (χ1v) is 6.38. The van der Waals surface area contributed by atoms with Gasteiger partial charge in [-0.25, -0.2) is 9.18 Å². The van der Waals surface area contributed by atoms with Crippen LogP contribution in [0.25, 0.3) is 6.08 Å². The highest BCUT2D eigenvalue weighted by Crippen LogP contribution is 2.32. The van der Waals surface area contributed by atoms with Gasteiger partial charge in [-0.05, 0) is 24.3 Å². The monoisotopic (exact) mass is 316 g/mol. The number of carbonyl (C=O) groups is 1. The molecule has 1 atom stereocenters. The zero-order valence-electron chi connectivity index (χ0n) is 10.1. The van der Waals surface area contributed by atoms with Crippen molar-refractivity contribution in [3.63, 3.8) is 0 Å². The number of benzene rings is 1. The van der Waals surface area contributed by atoms with E-state index in [-0.39, 0.29) is 5.57 Å². The Bertz CT molecular complexity index is 471. The van der Waals surface area contributed by atoms with Gasteiger partial charge in [0, 0.05) is 10.0 Å². The van der Waals surface area contributed by atoms with Gasteiger partial charge in [0.2, 0.25) is 0 Å². The fourth-order valence-corrected chi connectivity index (χ4v) is 1.91. The number of carboxylic acid groups (broad SMARTS) is 1. The summed E-state index contributed by atoms with van der Waals surface area (Å²) in [6.45, 7) is 3.15. The van der Waals surface area contributed by atoms with E-state index < -0.39 is 18.7 Å². The Morgan fingerprint density at radius 2 is 2.17 bits per heavy atom. The highest BCUT2D eigenvalue weighted by Gasteiger charge is 2.27. The molecule has 0 saturated heterocycles. The summed E-state index contributed by atoms with van der Waals surface area (Å²) < 4.78 is 18.7. The van der Waals surface area contributed by atoms with E-state index >= 15 is 0 Å². The molecule has 0 fully saturated rings. The lowest BCUT2D eigenvalue weighted by atomic mass is 10.0. The summed E-state index contributed by atoms with van der Waals surface area (Å²) in [5.74, 6) is -0.663. The molecular formula is C13H14BrFO3. The fraction of sp³-hybridized carbons (Fsp3) is 0.308. The SMILES string of the molecule is CC.O=C(O)C1=Cc2cc(Br)ccc2OC1CF. The molecule has 18 heavy (non-hydrogen) atoms. The summed E-state index contributed by atoms with van der Waals surface area (Å²) in [4.78, 5) is 10.9. The van der Waals surface area contributed by atoms with Crippen LogP contribution < -0.4 is 4.74 Å². The van der Waals surface area contributed by atoms with Crippen LogP contribution in [0.4, 0.5) is 4.39 Å². The van der Waals surface area contributed by atoms with Crippen LogP contribution in [0, 0.1) is 0 Å². The maximum atomic E-state index is 12.6. The summed E-state index contributed by atoms with van der Waals surface area (Å²) in [6, 6.07) is 5.16. The average Bonchev–Trinajstić information content (AvgIpc) is 2.39. The van der Waals surface area contributed by atoms with Crippen molar-refractivity contribution in [1.82, 2.24) is 0 Å². The second-order valence-electron chi connectivity index (χ2n) is 3.35. The molecule has 3 nitrogen and oxygen atoms in total. The summed E-state index contributed by atoms with van der Waals surface area (Å²) in [7, 11) is 0. The van der Waals surface area contributed by atoms with Crippen molar-refractivity contribution in [1.29, 1.82) is 0 Å². The van der Waals surface area contributed by atoms with Gasteiger partial charge in [0.1, 0.15) is 12.4 Å². The van der Waals surface area contributed by atoms with E-state index in [2.05, 4.69) is 15.9 Å². The molecule has 0 saturated carbocycles. The minimum Gasteiger partial charge on any atom is -0.482 e. The molecule has 1 aromatic carbocycles. The summed E-state index contributed by atoms with van der Waals surface area (Å²) in [5, 5.41) is 8.91. The van der Waals surface area contributed by atoms with E-state index in [0.29, 0.717) is 11.3 Å². The second-order valence-corrected chi connectivity index (χ2v) is 4.26. The maximum Gasteiger partial charge on any atom is 0.335 e. The number of halogens is 2. The molecular weight excluding hydrogens is 303 g/mol. The van der Waals surface area contributed by atoms with Crippen LogP contribution in [0.2, 0.25) is 0 Å². The van der Waals surface area contributed by atoms with Gasteiger partial charge in [-0.15, -0.1) is 0 Å².